The van der Waals surface area contributed by atoms with Gasteiger partial charge in [0.2, 0.25) is 0 Å². The number of carbonyl (C=O) groups is 1. The number of anilines is 3. The van der Waals surface area contributed by atoms with Crippen LogP contribution in [-0.2, 0) is 17.6 Å². The van der Waals surface area contributed by atoms with Gasteiger partial charge < -0.3 is 14.9 Å². The van der Waals surface area contributed by atoms with Crippen molar-refractivity contribution in [2.45, 2.75) is 39.0 Å². The molecule has 1 N–H and O–H groups in total. The number of carboxylic acids is 1. The molecule has 0 saturated heterocycles. The lowest BCUT2D eigenvalue weighted by atomic mass is 9.92. The van der Waals surface area contributed by atoms with Crippen molar-refractivity contribution in [1.29, 1.82) is 5.26 Å². The van der Waals surface area contributed by atoms with E-state index in [-0.39, 0.29) is 5.57 Å². The first-order valence-electron chi connectivity index (χ1n) is 13.9. The number of nitriles is 1. The Labute approximate surface area is 238 Å². The first kappa shape index (κ1) is 28.4. The summed E-state index contributed by atoms with van der Waals surface area (Å²) >= 11 is 0. The second kappa shape index (κ2) is 13.5. The molecule has 4 rings (SSSR count). The summed E-state index contributed by atoms with van der Waals surface area (Å²) in [6, 6.07) is 25.8. The lowest BCUT2D eigenvalue weighted by molar-refractivity contribution is -0.132. The van der Waals surface area contributed by atoms with Gasteiger partial charge in [-0.15, -0.1) is 0 Å². The van der Waals surface area contributed by atoms with Crippen molar-refractivity contribution in [2.75, 3.05) is 30.4 Å². The fourth-order valence-corrected chi connectivity index (χ4v) is 5.01. The molecule has 0 spiro atoms. The van der Waals surface area contributed by atoms with Crippen molar-refractivity contribution >= 4 is 28.6 Å². The minimum absolute atomic E-state index is 0.297. The molecule has 0 saturated carbocycles. The summed E-state index contributed by atoms with van der Waals surface area (Å²) in [6.07, 6.45) is 12.3. The van der Waals surface area contributed by atoms with E-state index in [1.807, 2.05) is 20.2 Å². The Kier molecular flexibility index (Phi) is 9.59. The molecule has 204 valence electrons. The maximum Gasteiger partial charge on any atom is 0.346 e. The van der Waals surface area contributed by atoms with Gasteiger partial charge in [-0.3, -0.25) is 0 Å². The van der Waals surface area contributed by atoms with Gasteiger partial charge >= 0.3 is 5.97 Å². The number of hydrogen-bond donors (Lipinski definition) is 1. The fourth-order valence-electron chi connectivity index (χ4n) is 5.01. The number of aryl methyl sites for hydroxylation is 2. The monoisotopic (exact) mass is 531 g/mol. The minimum atomic E-state index is -1.23. The Hall–Kier alpha value is -4.56. The van der Waals surface area contributed by atoms with Crippen molar-refractivity contribution < 1.29 is 9.90 Å². The zero-order chi connectivity index (χ0) is 28.5. The summed E-state index contributed by atoms with van der Waals surface area (Å²) in [5.41, 5.74) is 9.19. The molecular formula is C35H37N3O2. The number of benzene rings is 3. The van der Waals surface area contributed by atoms with E-state index in [0.29, 0.717) is 0 Å². The van der Waals surface area contributed by atoms with E-state index in [0.717, 1.165) is 48.2 Å². The van der Waals surface area contributed by atoms with Crippen LogP contribution in [0.15, 0.2) is 96.6 Å². The average molecular weight is 532 g/mol. The SMILES string of the molecule is CCCCc1ccc(N2CCCc3cc(C(=CC=CC=C(C#N)C(=O)O)c4ccc(N(C)C)cc4)ccc32)cc1. The van der Waals surface area contributed by atoms with Gasteiger partial charge in [-0.1, -0.05) is 61.9 Å². The Morgan fingerprint density at radius 1 is 1.00 bits per heavy atom. The molecule has 0 bridgehead atoms. The molecule has 3 aromatic carbocycles. The van der Waals surface area contributed by atoms with E-state index >= 15 is 0 Å². The predicted octanol–water partition coefficient (Wildman–Crippen LogP) is 7.70. The van der Waals surface area contributed by atoms with Crippen LogP contribution in [0.25, 0.3) is 5.57 Å². The summed E-state index contributed by atoms with van der Waals surface area (Å²) in [5, 5.41) is 18.2. The second-order valence-corrected chi connectivity index (χ2v) is 10.3. The van der Waals surface area contributed by atoms with Gasteiger partial charge in [-0.05, 0) is 96.0 Å². The molecule has 40 heavy (non-hydrogen) atoms. The molecule has 3 aromatic rings. The third kappa shape index (κ3) is 6.90. The van der Waals surface area contributed by atoms with Crippen LogP contribution in [0.1, 0.15) is 48.4 Å². The molecule has 0 unspecified atom stereocenters. The van der Waals surface area contributed by atoms with Gasteiger partial charge in [0.1, 0.15) is 11.6 Å². The first-order chi connectivity index (χ1) is 19.4. The zero-order valence-electron chi connectivity index (χ0n) is 23.6. The summed E-state index contributed by atoms with van der Waals surface area (Å²) in [5.74, 6) is -1.23. The molecule has 5 nitrogen and oxygen atoms in total. The predicted molar refractivity (Wildman–Crippen MR) is 165 cm³/mol. The van der Waals surface area contributed by atoms with Crippen molar-refractivity contribution in [2.24, 2.45) is 0 Å². The lowest BCUT2D eigenvalue weighted by Gasteiger charge is -2.32. The molecular weight excluding hydrogens is 494 g/mol. The van der Waals surface area contributed by atoms with Gasteiger partial charge in [0.15, 0.2) is 0 Å². The fraction of sp³-hybridized carbons (Fsp3) is 0.257. The van der Waals surface area contributed by atoms with Crippen molar-refractivity contribution in [3.63, 3.8) is 0 Å². The Bertz CT molecular complexity index is 1460. The van der Waals surface area contributed by atoms with E-state index in [1.54, 1.807) is 18.2 Å². The van der Waals surface area contributed by atoms with Gasteiger partial charge in [0, 0.05) is 37.7 Å². The van der Waals surface area contributed by atoms with Gasteiger partial charge in [-0.2, -0.15) is 5.26 Å². The normalized spacial score (nSPS) is 13.7. The average Bonchev–Trinajstić information content (AvgIpc) is 2.97. The van der Waals surface area contributed by atoms with Gasteiger partial charge in [0.05, 0.1) is 0 Å². The van der Waals surface area contributed by atoms with Crippen LogP contribution >= 0.6 is 0 Å². The number of hydrogen-bond acceptors (Lipinski definition) is 4. The minimum Gasteiger partial charge on any atom is -0.477 e. The van der Waals surface area contributed by atoms with E-state index in [1.165, 1.54) is 41.4 Å². The van der Waals surface area contributed by atoms with Crippen molar-refractivity contribution in [3.8, 4) is 6.07 Å². The second-order valence-electron chi connectivity index (χ2n) is 10.3. The van der Waals surface area contributed by atoms with Crippen LogP contribution in [-0.4, -0.2) is 31.7 Å². The highest BCUT2D eigenvalue weighted by molar-refractivity contribution is 5.91. The quantitative estimate of drug-likeness (QED) is 0.165. The van der Waals surface area contributed by atoms with Crippen molar-refractivity contribution in [1.82, 2.24) is 0 Å². The van der Waals surface area contributed by atoms with Crippen LogP contribution in [0.5, 0.6) is 0 Å². The van der Waals surface area contributed by atoms with Crippen LogP contribution in [0.3, 0.4) is 0 Å². The van der Waals surface area contributed by atoms with Crippen LogP contribution < -0.4 is 9.80 Å². The highest BCUT2D eigenvalue weighted by atomic mass is 16.4. The van der Waals surface area contributed by atoms with Crippen LogP contribution in [0.4, 0.5) is 17.1 Å². The number of unbranched alkanes of at least 4 members (excludes halogenated alkanes) is 1. The first-order valence-corrected chi connectivity index (χ1v) is 13.9. The Balaban J connectivity index is 1.68. The van der Waals surface area contributed by atoms with Crippen molar-refractivity contribution in [3.05, 3.63) is 119 Å². The maximum absolute atomic E-state index is 11.2. The van der Waals surface area contributed by atoms with E-state index in [9.17, 15) is 4.79 Å². The van der Waals surface area contributed by atoms with E-state index in [4.69, 9.17) is 10.4 Å². The molecule has 5 heteroatoms. The number of rotatable bonds is 10. The van der Waals surface area contributed by atoms with E-state index < -0.39 is 5.97 Å². The molecule has 0 atom stereocenters. The van der Waals surface area contributed by atoms with Gasteiger partial charge in [0.25, 0.3) is 0 Å². The molecule has 0 amide bonds. The number of nitrogens with zero attached hydrogens (tertiary/aromatic N) is 3. The maximum atomic E-state index is 11.2. The zero-order valence-corrected chi connectivity index (χ0v) is 23.6. The Morgan fingerprint density at radius 2 is 1.70 bits per heavy atom. The molecule has 1 aliphatic rings. The molecule has 0 fully saturated rings. The standard InChI is InChI=1S/C35H37N3O2/c1-4-5-9-26-13-18-32(19-14-26)38-23-8-11-29-24-28(17-22-34(29)38)33(12-7-6-10-30(25-36)35(39)40)27-15-20-31(21-16-27)37(2)3/h6-7,10,12-22,24H,4-5,8-9,11,23H2,1-3H3,(H,39,40). The van der Waals surface area contributed by atoms with Crippen LogP contribution in [0, 0.1) is 11.3 Å². The van der Waals surface area contributed by atoms with Gasteiger partial charge in [-0.25, -0.2) is 4.79 Å². The highest BCUT2D eigenvalue weighted by Crippen LogP contribution is 2.36. The number of fused-ring (bicyclic) bond motifs is 1. The topological polar surface area (TPSA) is 67.6 Å². The molecule has 1 heterocycles. The third-order valence-corrected chi connectivity index (χ3v) is 7.26. The summed E-state index contributed by atoms with van der Waals surface area (Å²) < 4.78 is 0. The summed E-state index contributed by atoms with van der Waals surface area (Å²) in [6.45, 7) is 3.22. The summed E-state index contributed by atoms with van der Waals surface area (Å²) in [7, 11) is 4.04. The molecule has 0 aliphatic carbocycles. The number of carboxylic acid groups (broad SMARTS) is 1. The third-order valence-electron chi connectivity index (χ3n) is 7.26. The molecule has 0 radical (unpaired) electrons. The molecule has 1 aliphatic heterocycles. The number of aliphatic carboxylic acids is 1. The Morgan fingerprint density at radius 3 is 2.35 bits per heavy atom. The number of allylic oxidation sites excluding steroid dienone is 4. The largest absolute Gasteiger partial charge is 0.477 e. The summed E-state index contributed by atoms with van der Waals surface area (Å²) in [4.78, 5) is 15.6. The van der Waals surface area contributed by atoms with E-state index in [2.05, 4.69) is 83.5 Å². The smallest absolute Gasteiger partial charge is 0.346 e. The lowest BCUT2D eigenvalue weighted by Crippen LogP contribution is -2.24. The highest BCUT2D eigenvalue weighted by Gasteiger charge is 2.19. The van der Waals surface area contributed by atoms with Crippen LogP contribution in [0.2, 0.25) is 0 Å². The molecule has 0 aromatic heterocycles.